The molecule has 102 valence electrons. The van der Waals surface area contributed by atoms with Gasteiger partial charge >= 0.3 is 5.97 Å². The van der Waals surface area contributed by atoms with Gasteiger partial charge in [0.25, 0.3) is 0 Å². The number of aromatic nitrogens is 1. The average Bonchev–Trinajstić information content (AvgIpc) is 2.42. The Morgan fingerprint density at radius 1 is 1.40 bits per heavy atom. The van der Waals surface area contributed by atoms with E-state index in [4.69, 9.17) is 9.84 Å². The van der Waals surface area contributed by atoms with E-state index in [9.17, 15) is 9.18 Å². The molecule has 0 amide bonds. The number of carboxylic acid groups (broad SMARTS) is 1. The molecule has 5 heteroatoms. The van der Waals surface area contributed by atoms with E-state index in [2.05, 4.69) is 4.98 Å². The van der Waals surface area contributed by atoms with Crippen molar-refractivity contribution in [2.45, 2.75) is 6.92 Å². The van der Waals surface area contributed by atoms with Crippen molar-refractivity contribution in [3.63, 3.8) is 0 Å². The van der Waals surface area contributed by atoms with Crippen LogP contribution in [0.3, 0.4) is 0 Å². The normalized spacial score (nSPS) is 10.7. The lowest BCUT2D eigenvalue weighted by Crippen LogP contribution is -1.93. The Bertz CT molecular complexity index is 668. The second-order valence-corrected chi connectivity index (χ2v) is 4.08. The van der Waals surface area contributed by atoms with Crippen LogP contribution in [0.15, 0.2) is 42.6 Å². The van der Waals surface area contributed by atoms with Crippen molar-refractivity contribution in [3.8, 4) is 11.6 Å². The predicted molar refractivity (Wildman–Crippen MR) is 72.1 cm³/mol. The monoisotopic (exact) mass is 273 g/mol. The first-order valence-corrected chi connectivity index (χ1v) is 5.86. The van der Waals surface area contributed by atoms with Gasteiger partial charge in [0, 0.05) is 17.8 Å². The molecule has 1 aromatic heterocycles. The summed E-state index contributed by atoms with van der Waals surface area (Å²) in [5.74, 6) is -0.676. The number of benzene rings is 1. The Balaban J connectivity index is 2.29. The van der Waals surface area contributed by atoms with Crippen LogP contribution in [0.4, 0.5) is 4.39 Å². The van der Waals surface area contributed by atoms with Crippen LogP contribution in [0.1, 0.15) is 11.1 Å². The van der Waals surface area contributed by atoms with Gasteiger partial charge in [-0.3, -0.25) is 0 Å². The number of aliphatic carboxylic acids is 1. The summed E-state index contributed by atoms with van der Waals surface area (Å²) in [5, 5.41) is 8.63. The van der Waals surface area contributed by atoms with E-state index in [0.29, 0.717) is 16.9 Å². The van der Waals surface area contributed by atoms with E-state index in [1.54, 1.807) is 25.1 Å². The minimum absolute atomic E-state index is 0.260. The molecule has 0 bridgehead atoms. The molecule has 4 nitrogen and oxygen atoms in total. The molecule has 0 aliphatic heterocycles. The number of rotatable bonds is 4. The number of ether oxygens (including phenoxy) is 1. The maximum atomic E-state index is 13.2. The van der Waals surface area contributed by atoms with Gasteiger partial charge in [-0.25, -0.2) is 14.2 Å². The highest BCUT2D eigenvalue weighted by molar-refractivity contribution is 5.85. The van der Waals surface area contributed by atoms with E-state index in [-0.39, 0.29) is 11.7 Å². The standard InChI is InChI=1S/C15H12FNO3/c1-10-9-12(5-6-13(10)16)20-15-11(3-2-8-17-15)4-7-14(18)19/h2-9H,1H3,(H,18,19)/b7-4+. The molecule has 0 spiro atoms. The molecular weight excluding hydrogens is 261 g/mol. The first-order chi connectivity index (χ1) is 9.56. The lowest BCUT2D eigenvalue weighted by atomic mass is 10.2. The molecule has 0 unspecified atom stereocenters. The minimum Gasteiger partial charge on any atom is -0.478 e. The fourth-order valence-corrected chi connectivity index (χ4v) is 1.57. The summed E-state index contributed by atoms with van der Waals surface area (Å²) in [7, 11) is 0. The molecule has 1 N–H and O–H groups in total. The Labute approximate surface area is 115 Å². The topological polar surface area (TPSA) is 59.4 Å². The minimum atomic E-state index is -1.06. The number of halogens is 1. The number of aryl methyl sites for hydroxylation is 1. The third-order valence-electron chi connectivity index (χ3n) is 2.55. The Morgan fingerprint density at radius 2 is 2.20 bits per heavy atom. The van der Waals surface area contributed by atoms with Crippen LogP contribution in [-0.2, 0) is 4.79 Å². The summed E-state index contributed by atoms with van der Waals surface area (Å²) in [6.07, 6.45) is 3.92. The Kier molecular flexibility index (Phi) is 4.10. The number of carbonyl (C=O) groups is 1. The lowest BCUT2D eigenvalue weighted by molar-refractivity contribution is -0.131. The Morgan fingerprint density at radius 3 is 2.90 bits per heavy atom. The summed E-state index contributed by atoms with van der Waals surface area (Å²) >= 11 is 0. The van der Waals surface area contributed by atoms with Gasteiger partial charge < -0.3 is 9.84 Å². The fraction of sp³-hybridized carbons (Fsp3) is 0.0667. The van der Waals surface area contributed by atoms with Gasteiger partial charge in [-0.15, -0.1) is 0 Å². The zero-order chi connectivity index (χ0) is 14.5. The van der Waals surface area contributed by atoms with E-state index >= 15 is 0 Å². The molecule has 1 aromatic carbocycles. The first kappa shape index (κ1) is 13.7. The van der Waals surface area contributed by atoms with Gasteiger partial charge in [0.2, 0.25) is 5.88 Å². The molecule has 0 atom stereocenters. The molecule has 2 rings (SSSR count). The maximum Gasteiger partial charge on any atom is 0.328 e. The summed E-state index contributed by atoms with van der Waals surface area (Å²) in [5.41, 5.74) is 0.984. The smallest absolute Gasteiger partial charge is 0.328 e. The van der Waals surface area contributed by atoms with Crippen molar-refractivity contribution < 1.29 is 19.0 Å². The van der Waals surface area contributed by atoms with Crippen molar-refractivity contribution in [3.05, 3.63) is 59.5 Å². The van der Waals surface area contributed by atoms with Crippen LogP contribution < -0.4 is 4.74 Å². The molecule has 0 saturated carbocycles. The number of hydrogen-bond acceptors (Lipinski definition) is 3. The lowest BCUT2D eigenvalue weighted by Gasteiger charge is -2.08. The molecule has 1 heterocycles. The van der Waals surface area contributed by atoms with Gasteiger partial charge in [0.05, 0.1) is 0 Å². The van der Waals surface area contributed by atoms with Gasteiger partial charge in [-0.05, 0) is 48.9 Å². The quantitative estimate of drug-likeness (QED) is 0.867. The first-order valence-electron chi connectivity index (χ1n) is 5.86. The highest BCUT2D eigenvalue weighted by atomic mass is 19.1. The molecule has 0 aliphatic carbocycles. The molecule has 0 aliphatic rings. The van der Waals surface area contributed by atoms with E-state index in [1.165, 1.54) is 24.4 Å². The van der Waals surface area contributed by atoms with Gasteiger partial charge in [-0.2, -0.15) is 0 Å². The van der Waals surface area contributed by atoms with Crippen molar-refractivity contribution >= 4 is 12.0 Å². The number of carboxylic acids is 1. The second kappa shape index (κ2) is 5.97. The molecule has 0 saturated heterocycles. The van der Waals surface area contributed by atoms with Crippen LogP contribution in [0, 0.1) is 12.7 Å². The van der Waals surface area contributed by atoms with Crippen LogP contribution in [0.5, 0.6) is 11.6 Å². The van der Waals surface area contributed by atoms with Crippen molar-refractivity contribution in [2.24, 2.45) is 0 Å². The van der Waals surface area contributed by atoms with E-state index in [1.807, 2.05) is 0 Å². The van der Waals surface area contributed by atoms with Crippen LogP contribution in [0.25, 0.3) is 6.08 Å². The molecular formula is C15H12FNO3. The summed E-state index contributed by atoms with van der Waals surface area (Å²) in [6.45, 7) is 1.63. The van der Waals surface area contributed by atoms with E-state index < -0.39 is 5.97 Å². The second-order valence-electron chi connectivity index (χ2n) is 4.08. The molecule has 0 fully saturated rings. The third-order valence-corrected chi connectivity index (χ3v) is 2.55. The Hall–Kier alpha value is -2.69. The molecule has 2 aromatic rings. The fourth-order valence-electron chi connectivity index (χ4n) is 1.57. The zero-order valence-electron chi connectivity index (χ0n) is 10.7. The number of hydrogen-bond donors (Lipinski definition) is 1. The number of nitrogens with zero attached hydrogens (tertiary/aromatic N) is 1. The number of pyridine rings is 1. The SMILES string of the molecule is Cc1cc(Oc2ncccc2/C=C/C(=O)O)ccc1F. The van der Waals surface area contributed by atoms with Gasteiger partial charge in [0.1, 0.15) is 11.6 Å². The van der Waals surface area contributed by atoms with Crippen molar-refractivity contribution in [2.75, 3.05) is 0 Å². The summed E-state index contributed by atoms with van der Waals surface area (Å²) in [6, 6.07) is 7.69. The van der Waals surface area contributed by atoms with Crippen molar-refractivity contribution in [1.29, 1.82) is 0 Å². The summed E-state index contributed by atoms with van der Waals surface area (Å²) < 4.78 is 18.7. The van der Waals surface area contributed by atoms with Gasteiger partial charge in [-0.1, -0.05) is 0 Å². The summed E-state index contributed by atoms with van der Waals surface area (Å²) in [4.78, 5) is 14.6. The van der Waals surface area contributed by atoms with Crippen LogP contribution >= 0.6 is 0 Å². The van der Waals surface area contributed by atoms with Crippen LogP contribution in [-0.4, -0.2) is 16.1 Å². The third kappa shape index (κ3) is 3.41. The van der Waals surface area contributed by atoms with Gasteiger partial charge in [0.15, 0.2) is 0 Å². The zero-order valence-corrected chi connectivity index (χ0v) is 10.7. The highest BCUT2D eigenvalue weighted by Crippen LogP contribution is 2.25. The van der Waals surface area contributed by atoms with E-state index in [0.717, 1.165) is 6.08 Å². The van der Waals surface area contributed by atoms with Crippen molar-refractivity contribution in [1.82, 2.24) is 4.98 Å². The maximum absolute atomic E-state index is 13.2. The average molecular weight is 273 g/mol. The highest BCUT2D eigenvalue weighted by Gasteiger charge is 2.06. The predicted octanol–water partition coefficient (Wildman–Crippen LogP) is 3.42. The largest absolute Gasteiger partial charge is 0.478 e. The van der Waals surface area contributed by atoms with Crippen LogP contribution in [0.2, 0.25) is 0 Å². The molecule has 20 heavy (non-hydrogen) atoms. The molecule has 0 radical (unpaired) electrons.